The molecule has 0 saturated heterocycles. The fourth-order valence-electron chi connectivity index (χ4n) is 16.1. The fraction of sp³-hybridized carbons (Fsp3) is 0.425. The van der Waals surface area contributed by atoms with Crippen LogP contribution < -0.4 is 9.47 Å². The van der Waals surface area contributed by atoms with Crippen molar-refractivity contribution in [2.45, 2.75) is 138 Å². The molecule has 0 radical (unpaired) electrons. The van der Waals surface area contributed by atoms with E-state index in [0.29, 0.717) is 45.8 Å². The number of fused-ring (bicyclic) bond motifs is 5. The van der Waals surface area contributed by atoms with Crippen LogP contribution in [0.3, 0.4) is 0 Å². The largest absolute Gasteiger partial charge is 0.486 e. The highest BCUT2D eigenvalue weighted by atomic mass is 35.5. The summed E-state index contributed by atoms with van der Waals surface area (Å²) in [5.74, 6) is 1.49. The van der Waals surface area contributed by atoms with Crippen LogP contribution in [0.4, 0.5) is 0 Å². The predicted molar refractivity (Wildman–Crippen MR) is 336 cm³/mol. The maximum atomic E-state index is 13.2. The van der Waals surface area contributed by atoms with Crippen LogP contribution in [-0.2, 0) is 13.2 Å². The van der Waals surface area contributed by atoms with Gasteiger partial charge in [0.1, 0.15) is 24.3 Å². The molecule has 10 rings (SSSR count). The molecule has 85 heavy (non-hydrogen) atoms. The third-order valence-corrected chi connectivity index (χ3v) is 21.2. The number of benzene rings is 6. The normalized spacial score (nSPS) is 23.7. The number of carboxylic acids is 4. The quantitative estimate of drug-likeness (QED) is 0.0514. The van der Waals surface area contributed by atoms with Gasteiger partial charge in [-0.2, -0.15) is 0 Å². The van der Waals surface area contributed by atoms with E-state index in [1.165, 1.54) is 82.8 Å². The van der Waals surface area contributed by atoms with Gasteiger partial charge in [0, 0.05) is 0 Å². The van der Waals surface area contributed by atoms with Crippen molar-refractivity contribution in [1.29, 1.82) is 0 Å². The van der Waals surface area contributed by atoms with Crippen LogP contribution in [0, 0.1) is 58.2 Å². The number of halogens is 2. The van der Waals surface area contributed by atoms with Gasteiger partial charge in [-0.3, -0.25) is 0 Å². The number of rotatable bonds is 22. The lowest BCUT2D eigenvalue weighted by Gasteiger charge is -2.61. The van der Waals surface area contributed by atoms with E-state index in [1.807, 2.05) is 48.5 Å². The topological polar surface area (TPSA) is 168 Å². The molecule has 10 nitrogen and oxygen atoms in total. The lowest BCUT2D eigenvalue weighted by molar-refractivity contribution is -0.121. The van der Waals surface area contributed by atoms with E-state index < -0.39 is 23.9 Å². The Hall–Kier alpha value is -6.88. The Bertz CT molecular complexity index is 3270. The Kier molecular flexibility index (Phi) is 18.7. The molecule has 0 amide bonds. The van der Waals surface area contributed by atoms with Crippen LogP contribution in [0.15, 0.2) is 127 Å². The first kappa shape index (κ1) is 61.2. The first-order valence-electron chi connectivity index (χ1n) is 30.7. The molecule has 4 fully saturated rings. The lowest BCUT2D eigenvalue weighted by atomic mass is 9.44. The van der Waals surface area contributed by atoms with Gasteiger partial charge in [0.15, 0.2) is 11.5 Å². The summed E-state index contributed by atoms with van der Waals surface area (Å²) in [6.45, 7) is 12.6. The Labute approximate surface area is 510 Å². The maximum absolute atomic E-state index is 13.2. The molecule has 9 atom stereocenters. The van der Waals surface area contributed by atoms with Crippen LogP contribution >= 0.6 is 23.2 Å². The maximum Gasteiger partial charge on any atom is 0.339 e. The van der Waals surface area contributed by atoms with Gasteiger partial charge >= 0.3 is 23.9 Å². The zero-order chi connectivity index (χ0) is 60.3. The van der Waals surface area contributed by atoms with Gasteiger partial charge in [-0.25, -0.2) is 19.2 Å². The van der Waals surface area contributed by atoms with Crippen molar-refractivity contribution >= 4 is 52.7 Å². The molecular weight excluding hydrogens is 1110 g/mol. The molecule has 0 bridgehead atoms. The van der Waals surface area contributed by atoms with E-state index in [9.17, 15) is 39.6 Å². The third kappa shape index (κ3) is 13.3. The van der Waals surface area contributed by atoms with Crippen LogP contribution in [-0.4, -0.2) is 44.3 Å². The standard InChI is InChI=1S/C73H80Cl2O10/c1-43(2)8-6-9-44(3)61-30-31-62-58-29-28-56-36-45(32-34-72(56,4)63(58)33-35-73(61,62)5)10-7-11-57(54-37-59(70(80)81)66(64(74)39-54)84-41-46-12-16-48(17-13-46)50-20-24-52(25-21-50)68(76)77)55-38-60(71(82)83)67(65(75)40-55)85-42-47-14-18-49(19-15-47)51-22-26-53(27-23-51)69(78)79/h11-27,37-40,43-45,56,58,61-63H,6-10,28-36,41-42H2,1-5H3,(H,76,77)(H,78,79)(H,80,81)(H,82,83)/t44?,45-,56?,58-,61+,62-,63-,72-,73+/m0/s1. The van der Waals surface area contributed by atoms with E-state index in [0.717, 1.165) is 81.7 Å². The van der Waals surface area contributed by atoms with Gasteiger partial charge in [0.05, 0.1) is 21.2 Å². The number of carbonyl (C=O) groups is 4. The first-order valence-corrected chi connectivity index (χ1v) is 31.4. The van der Waals surface area contributed by atoms with Gasteiger partial charge in [-0.1, -0.05) is 156 Å². The zero-order valence-electron chi connectivity index (χ0n) is 49.6. The van der Waals surface area contributed by atoms with Gasteiger partial charge in [-0.05, 0) is 227 Å². The van der Waals surface area contributed by atoms with Crippen molar-refractivity contribution in [3.05, 3.63) is 182 Å². The molecule has 12 heteroatoms. The van der Waals surface area contributed by atoms with Crippen LogP contribution in [0.5, 0.6) is 11.5 Å². The number of allylic oxidation sites excluding steroid dienone is 1. The smallest absolute Gasteiger partial charge is 0.339 e. The molecular formula is C73H80Cl2O10. The zero-order valence-corrected chi connectivity index (χ0v) is 51.1. The van der Waals surface area contributed by atoms with Crippen molar-refractivity contribution in [2.24, 2.45) is 58.2 Å². The van der Waals surface area contributed by atoms with E-state index >= 15 is 0 Å². The highest BCUT2D eigenvalue weighted by molar-refractivity contribution is 6.33. The molecule has 4 N–H and O–H groups in total. The molecule has 6 aromatic rings. The molecule has 0 spiro atoms. The number of carboxylic acid groups (broad SMARTS) is 4. The second-order valence-electron chi connectivity index (χ2n) is 26.0. The number of aromatic carboxylic acids is 4. The first-order chi connectivity index (χ1) is 40.7. The Morgan fingerprint density at radius 3 is 1.49 bits per heavy atom. The van der Waals surface area contributed by atoms with Gasteiger partial charge in [0.25, 0.3) is 0 Å². The van der Waals surface area contributed by atoms with Crippen molar-refractivity contribution < 1.29 is 49.1 Å². The Morgan fingerprint density at radius 1 is 0.553 bits per heavy atom. The van der Waals surface area contributed by atoms with Gasteiger partial charge < -0.3 is 29.9 Å². The summed E-state index contributed by atoms with van der Waals surface area (Å²) in [7, 11) is 0. The minimum absolute atomic E-state index is 0.00701. The molecule has 2 unspecified atom stereocenters. The lowest BCUT2D eigenvalue weighted by Crippen LogP contribution is -2.53. The number of ether oxygens (including phenoxy) is 2. The summed E-state index contributed by atoms with van der Waals surface area (Å²) in [4.78, 5) is 49.2. The fourth-order valence-corrected chi connectivity index (χ4v) is 16.7. The monoisotopic (exact) mass is 1190 g/mol. The average Bonchev–Trinajstić information content (AvgIpc) is 1.77. The summed E-state index contributed by atoms with van der Waals surface area (Å²) in [6.07, 6.45) is 19.4. The van der Waals surface area contributed by atoms with Crippen LogP contribution in [0.2, 0.25) is 10.0 Å². The minimum atomic E-state index is -1.25. The minimum Gasteiger partial charge on any atom is -0.486 e. The second kappa shape index (κ2) is 26.0. The second-order valence-corrected chi connectivity index (χ2v) is 26.9. The molecule has 4 saturated carbocycles. The molecule has 0 aliphatic heterocycles. The summed E-state index contributed by atoms with van der Waals surface area (Å²) in [6, 6.07) is 34.5. The Balaban J connectivity index is 0.885. The highest BCUT2D eigenvalue weighted by Gasteiger charge is 2.60. The molecule has 4 aliphatic carbocycles. The predicted octanol–water partition coefficient (Wildman–Crippen LogP) is 19.2. The van der Waals surface area contributed by atoms with E-state index in [-0.39, 0.29) is 57.0 Å². The number of hydrogen-bond acceptors (Lipinski definition) is 6. The highest BCUT2D eigenvalue weighted by Crippen LogP contribution is 2.69. The van der Waals surface area contributed by atoms with E-state index in [4.69, 9.17) is 32.7 Å². The summed E-state index contributed by atoms with van der Waals surface area (Å²) >= 11 is 14.1. The van der Waals surface area contributed by atoms with Crippen molar-refractivity contribution in [1.82, 2.24) is 0 Å². The SMILES string of the molecule is CC(C)CCCC(C)[C@H]1CC[C@H]2[C@@H]3CCC4C[C@@H](CCC=C(c5cc(Cl)c(OCc6ccc(-c7ccc(C(=O)O)cc7)cc6)c(C(=O)O)c5)c5cc(Cl)c(OCc6ccc(-c7ccc(C(=O)O)cc7)cc6)c(C(=O)O)c5)CC[C@]4(C)[C@H]3CC[C@]12C. The Morgan fingerprint density at radius 2 is 1.02 bits per heavy atom. The summed E-state index contributed by atoms with van der Waals surface area (Å²) < 4.78 is 12.4. The van der Waals surface area contributed by atoms with Crippen molar-refractivity contribution in [2.75, 3.05) is 0 Å². The molecule has 6 aromatic carbocycles. The average molecular weight is 1190 g/mol. The number of hydrogen-bond donors (Lipinski definition) is 4. The summed E-state index contributed by atoms with van der Waals surface area (Å²) in [5, 5.41) is 40.3. The molecule has 0 heterocycles. The van der Waals surface area contributed by atoms with Crippen molar-refractivity contribution in [3.8, 4) is 33.8 Å². The molecule has 4 aliphatic rings. The van der Waals surface area contributed by atoms with Crippen LogP contribution in [0.1, 0.15) is 188 Å². The third-order valence-electron chi connectivity index (χ3n) is 20.7. The van der Waals surface area contributed by atoms with Crippen LogP contribution in [0.25, 0.3) is 27.8 Å². The summed E-state index contributed by atoms with van der Waals surface area (Å²) in [5.41, 5.74) is 7.28. The van der Waals surface area contributed by atoms with Crippen molar-refractivity contribution in [3.63, 3.8) is 0 Å². The van der Waals surface area contributed by atoms with Gasteiger partial charge in [-0.15, -0.1) is 0 Å². The van der Waals surface area contributed by atoms with E-state index in [2.05, 4.69) is 40.7 Å². The van der Waals surface area contributed by atoms with Gasteiger partial charge in [0.2, 0.25) is 0 Å². The molecule has 0 aromatic heterocycles. The van der Waals surface area contributed by atoms with E-state index in [1.54, 1.807) is 60.7 Å². The molecule has 446 valence electrons.